The van der Waals surface area contributed by atoms with Crippen LogP contribution in [0.15, 0.2) is 40.6 Å². The molecule has 0 fully saturated rings. The summed E-state index contributed by atoms with van der Waals surface area (Å²) in [6.07, 6.45) is 0.891. The van der Waals surface area contributed by atoms with Crippen molar-refractivity contribution in [3.05, 3.63) is 46.2 Å². The lowest BCUT2D eigenvalue weighted by atomic mass is 10.1. The summed E-state index contributed by atoms with van der Waals surface area (Å²) in [7, 11) is 0. The molecule has 112 valence electrons. The van der Waals surface area contributed by atoms with Crippen LogP contribution < -0.4 is 5.32 Å². The second kappa shape index (κ2) is 7.52. The largest absolute Gasteiger partial charge is 0.478 e. The van der Waals surface area contributed by atoms with Crippen molar-refractivity contribution in [3.8, 4) is 0 Å². The minimum absolute atomic E-state index is 0.184. The molecular weight excluding hydrogens is 302 g/mol. The van der Waals surface area contributed by atoms with Crippen molar-refractivity contribution in [2.45, 2.75) is 31.2 Å². The molecule has 2 rings (SSSR count). The number of carbonyl (C=O) groups is 1. The Morgan fingerprint density at radius 3 is 2.81 bits per heavy atom. The first-order valence-corrected chi connectivity index (χ1v) is 8.76. The van der Waals surface area contributed by atoms with Crippen LogP contribution in [0.5, 0.6) is 0 Å². The first-order valence-electron chi connectivity index (χ1n) is 6.89. The standard InChI is InChI=1S/C16H19NO2S2/c1-3-20-14-8-4-7-13(15(14)16(18)19)17-11(2)10-12-6-5-9-21-12/h4-9,11,17H,3,10H2,1-2H3,(H,18,19). The van der Waals surface area contributed by atoms with Gasteiger partial charge in [0.15, 0.2) is 0 Å². The van der Waals surface area contributed by atoms with Gasteiger partial charge in [-0.15, -0.1) is 23.1 Å². The predicted molar refractivity (Wildman–Crippen MR) is 90.9 cm³/mol. The van der Waals surface area contributed by atoms with Crippen molar-refractivity contribution in [2.24, 2.45) is 0 Å². The zero-order chi connectivity index (χ0) is 15.2. The molecule has 0 aliphatic rings. The van der Waals surface area contributed by atoms with Gasteiger partial charge < -0.3 is 10.4 Å². The number of aromatic carboxylic acids is 1. The summed E-state index contributed by atoms with van der Waals surface area (Å²) < 4.78 is 0. The SMILES string of the molecule is CCSc1cccc(NC(C)Cc2cccs2)c1C(=O)O. The van der Waals surface area contributed by atoms with E-state index in [1.54, 1.807) is 23.1 Å². The summed E-state index contributed by atoms with van der Waals surface area (Å²) in [5.74, 6) is -0.0218. The van der Waals surface area contributed by atoms with Crippen molar-refractivity contribution >= 4 is 34.8 Å². The van der Waals surface area contributed by atoms with Gasteiger partial charge in [-0.3, -0.25) is 0 Å². The van der Waals surface area contributed by atoms with Gasteiger partial charge in [-0.05, 0) is 36.3 Å². The molecule has 0 bridgehead atoms. The number of benzene rings is 1. The lowest BCUT2D eigenvalue weighted by Gasteiger charge is -2.18. The van der Waals surface area contributed by atoms with E-state index in [1.807, 2.05) is 31.2 Å². The molecule has 21 heavy (non-hydrogen) atoms. The van der Waals surface area contributed by atoms with Crippen LogP contribution in [0.4, 0.5) is 5.69 Å². The van der Waals surface area contributed by atoms with Crippen molar-refractivity contribution in [3.63, 3.8) is 0 Å². The first kappa shape index (κ1) is 15.9. The van der Waals surface area contributed by atoms with Crippen LogP contribution in [0, 0.1) is 0 Å². The third-order valence-electron chi connectivity index (χ3n) is 3.03. The molecular formula is C16H19NO2S2. The number of carboxylic acids is 1. The van der Waals surface area contributed by atoms with Gasteiger partial charge in [0.25, 0.3) is 0 Å². The van der Waals surface area contributed by atoms with Crippen LogP contribution >= 0.6 is 23.1 Å². The summed E-state index contributed by atoms with van der Waals surface area (Å²) >= 11 is 3.28. The Labute approximate surface area is 133 Å². The van der Waals surface area contributed by atoms with E-state index >= 15 is 0 Å². The second-order valence-corrected chi connectivity index (χ2v) is 7.08. The van der Waals surface area contributed by atoms with E-state index in [2.05, 4.69) is 23.7 Å². The van der Waals surface area contributed by atoms with Crippen LogP contribution in [0.25, 0.3) is 0 Å². The average Bonchev–Trinajstić information content (AvgIpc) is 2.91. The molecule has 1 aromatic carbocycles. The van der Waals surface area contributed by atoms with Gasteiger partial charge in [0.1, 0.15) is 0 Å². The summed E-state index contributed by atoms with van der Waals surface area (Å²) in [5.41, 5.74) is 1.08. The Kier molecular flexibility index (Phi) is 5.70. The zero-order valence-corrected chi connectivity index (χ0v) is 13.8. The number of carboxylic acid groups (broad SMARTS) is 1. The molecule has 2 aromatic rings. The van der Waals surface area contributed by atoms with Crippen LogP contribution in [-0.2, 0) is 6.42 Å². The molecule has 0 radical (unpaired) electrons. The Balaban J connectivity index is 2.18. The lowest BCUT2D eigenvalue weighted by molar-refractivity contribution is 0.0694. The number of thioether (sulfide) groups is 1. The fourth-order valence-corrected chi connectivity index (χ4v) is 3.86. The third-order valence-corrected chi connectivity index (χ3v) is 4.87. The van der Waals surface area contributed by atoms with Gasteiger partial charge in [-0.1, -0.05) is 19.1 Å². The molecule has 1 atom stereocenters. The van der Waals surface area contributed by atoms with E-state index < -0.39 is 5.97 Å². The molecule has 1 unspecified atom stereocenters. The monoisotopic (exact) mass is 321 g/mol. The second-order valence-electron chi connectivity index (χ2n) is 4.75. The highest BCUT2D eigenvalue weighted by Gasteiger charge is 2.17. The Bertz CT molecular complexity index is 596. The number of nitrogens with one attached hydrogen (secondary N) is 1. The maximum atomic E-state index is 11.6. The van der Waals surface area contributed by atoms with Crippen molar-refractivity contribution in [2.75, 3.05) is 11.1 Å². The van der Waals surface area contributed by atoms with E-state index in [0.29, 0.717) is 11.3 Å². The van der Waals surface area contributed by atoms with E-state index in [-0.39, 0.29) is 6.04 Å². The van der Waals surface area contributed by atoms with Gasteiger partial charge >= 0.3 is 5.97 Å². The number of anilines is 1. The Morgan fingerprint density at radius 2 is 2.19 bits per heavy atom. The van der Waals surface area contributed by atoms with E-state index in [0.717, 1.165) is 17.1 Å². The molecule has 1 aromatic heterocycles. The molecule has 1 heterocycles. The van der Waals surface area contributed by atoms with Gasteiger partial charge in [-0.2, -0.15) is 0 Å². The maximum absolute atomic E-state index is 11.6. The summed E-state index contributed by atoms with van der Waals surface area (Å²) in [5, 5.41) is 14.9. The number of hydrogen-bond donors (Lipinski definition) is 2. The maximum Gasteiger partial charge on any atom is 0.338 e. The molecule has 0 spiro atoms. The van der Waals surface area contributed by atoms with Gasteiger partial charge in [0.05, 0.1) is 11.3 Å². The Morgan fingerprint density at radius 1 is 1.38 bits per heavy atom. The smallest absolute Gasteiger partial charge is 0.338 e. The Hall–Kier alpha value is -1.46. The lowest BCUT2D eigenvalue weighted by Crippen LogP contribution is -2.19. The van der Waals surface area contributed by atoms with Crippen molar-refractivity contribution in [1.82, 2.24) is 0 Å². The van der Waals surface area contributed by atoms with Gasteiger partial charge in [0.2, 0.25) is 0 Å². The normalized spacial score (nSPS) is 12.1. The molecule has 5 heteroatoms. The minimum atomic E-state index is -0.877. The van der Waals surface area contributed by atoms with Crippen LogP contribution in [0.2, 0.25) is 0 Å². The topological polar surface area (TPSA) is 49.3 Å². The summed E-state index contributed by atoms with van der Waals surface area (Å²) in [4.78, 5) is 13.7. The minimum Gasteiger partial charge on any atom is -0.478 e. The molecule has 0 saturated carbocycles. The highest BCUT2D eigenvalue weighted by molar-refractivity contribution is 7.99. The molecule has 0 aliphatic carbocycles. The fourth-order valence-electron chi connectivity index (χ4n) is 2.19. The summed E-state index contributed by atoms with van der Waals surface area (Å²) in [6, 6.07) is 9.94. The van der Waals surface area contributed by atoms with Crippen LogP contribution in [0.1, 0.15) is 29.1 Å². The highest BCUT2D eigenvalue weighted by atomic mass is 32.2. The first-order chi connectivity index (χ1) is 10.1. The fraction of sp³-hybridized carbons (Fsp3) is 0.312. The molecule has 0 amide bonds. The zero-order valence-electron chi connectivity index (χ0n) is 12.1. The van der Waals surface area contributed by atoms with E-state index in [4.69, 9.17) is 0 Å². The average molecular weight is 321 g/mol. The predicted octanol–water partition coefficient (Wildman–Crippen LogP) is 4.60. The van der Waals surface area contributed by atoms with E-state index in [9.17, 15) is 9.90 Å². The third kappa shape index (κ3) is 4.25. The number of hydrogen-bond acceptors (Lipinski definition) is 4. The quantitative estimate of drug-likeness (QED) is 0.732. The van der Waals surface area contributed by atoms with Gasteiger partial charge in [0, 0.05) is 22.2 Å². The summed E-state index contributed by atoms with van der Waals surface area (Å²) in [6.45, 7) is 4.10. The number of rotatable bonds is 7. The molecule has 0 saturated heterocycles. The van der Waals surface area contributed by atoms with Crippen molar-refractivity contribution in [1.29, 1.82) is 0 Å². The molecule has 3 nitrogen and oxygen atoms in total. The van der Waals surface area contributed by atoms with Gasteiger partial charge in [-0.25, -0.2) is 4.79 Å². The molecule has 0 aliphatic heterocycles. The highest BCUT2D eigenvalue weighted by Crippen LogP contribution is 2.29. The van der Waals surface area contributed by atoms with Crippen LogP contribution in [0.3, 0.4) is 0 Å². The number of thiophene rings is 1. The van der Waals surface area contributed by atoms with Crippen LogP contribution in [-0.4, -0.2) is 22.9 Å². The van der Waals surface area contributed by atoms with E-state index in [1.165, 1.54) is 4.88 Å². The molecule has 2 N–H and O–H groups in total. The van der Waals surface area contributed by atoms with Crippen molar-refractivity contribution < 1.29 is 9.90 Å².